The maximum atomic E-state index is 3.61. The van der Waals surface area contributed by atoms with E-state index in [0.717, 1.165) is 13.1 Å². The normalized spacial score (nSPS) is 13.4. The Hall–Kier alpha value is -1.32. The Morgan fingerprint density at radius 3 is 2.58 bits per heavy atom. The van der Waals surface area contributed by atoms with Gasteiger partial charge in [0.05, 0.1) is 0 Å². The molecule has 1 aromatic heterocycles. The lowest BCUT2D eigenvalue weighted by molar-refractivity contribution is 0.347. The first-order valence-electron chi connectivity index (χ1n) is 6.91. The summed E-state index contributed by atoms with van der Waals surface area (Å²) in [6.07, 6.45) is 0. The minimum Gasteiger partial charge on any atom is -0.346 e. The summed E-state index contributed by atoms with van der Waals surface area (Å²) in [6.45, 7) is 6.43. The lowest BCUT2D eigenvalue weighted by Gasteiger charge is -2.19. The second-order valence-corrected chi connectivity index (χ2v) is 5.69. The lowest BCUT2D eigenvalue weighted by atomic mass is 10.1. The standard InChI is InChI=1S/C16H25N3/c1-12(11-18(3)4)17-10-16-13(2)14-8-6-7-9-15(14)19(16)5/h6-9,12,17H,10-11H2,1-5H3. The highest BCUT2D eigenvalue weighted by Crippen LogP contribution is 2.24. The first-order chi connectivity index (χ1) is 9.00. The van der Waals surface area contributed by atoms with Gasteiger partial charge in [-0.1, -0.05) is 18.2 Å². The third kappa shape index (κ3) is 2.99. The van der Waals surface area contributed by atoms with E-state index in [-0.39, 0.29) is 0 Å². The molecular formula is C16H25N3. The highest BCUT2D eigenvalue weighted by Gasteiger charge is 2.12. The van der Waals surface area contributed by atoms with Crippen LogP contribution >= 0.6 is 0 Å². The Morgan fingerprint density at radius 2 is 1.95 bits per heavy atom. The molecule has 1 unspecified atom stereocenters. The third-order valence-corrected chi connectivity index (χ3v) is 3.76. The van der Waals surface area contributed by atoms with Gasteiger partial charge < -0.3 is 14.8 Å². The van der Waals surface area contributed by atoms with Crippen molar-refractivity contribution in [2.45, 2.75) is 26.4 Å². The van der Waals surface area contributed by atoms with Gasteiger partial charge in [0.25, 0.3) is 0 Å². The van der Waals surface area contributed by atoms with Gasteiger partial charge in [0.15, 0.2) is 0 Å². The number of para-hydroxylation sites is 1. The number of rotatable bonds is 5. The Kier molecular flexibility index (Phi) is 4.27. The molecule has 3 nitrogen and oxygen atoms in total. The van der Waals surface area contributed by atoms with E-state index in [4.69, 9.17) is 0 Å². The van der Waals surface area contributed by atoms with Gasteiger partial charge >= 0.3 is 0 Å². The second-order valence-electron chi connectivity index (χ2n) is 5.69. The highest BCUT2D eigenvalue weighted by molar-refractivity contribution is 5.85. The number of benzene rings is 1. The zero-order valence-electron chi connectivity index (χ0n) is 12.7. The van der Waals surface area contributed by atoms with Crippen LogP contribution in [0.2, 0.25) is 0 Å². The number of nitrogens with zero attached hydrogens (tertiary/aromatic N) is 2. The van der Waals surface area contributed by atoms with E-state index in [1.54, 1.807) is 0 Å². The Balaban J connectivity index is 2.17. The van der Waals surface area contributed by atoms with Crippen LogP contribution in [0.5, 0.6) is 0 Å². The number of aryl methyl sites for hydroxylation is 2. The molecule has 1 aromatic carbocycles. The van der Waals surface area contributed by atoms with E-state index in [9.17, 15) is 0 Å². The van der Waals surface area contributed by atoms with Crippen LogP contribution < -0.4 is 5.32 Å². The summed E-state index contributed by atoms with van der Waals surface area (Å²) in [5.74, 6) is 0. The summed E-state index contributed by atoms with van der Waals surface area (Å²) in [4.78, 5) is 2.21. The number of likely N-dealkylation sites (N-methyl/N-ethyl adjacent to an activating group) is 1. The predicted octanol–water partition coefficient (Wildman–Crippen LogP) is 2.53. The van der Waals surface area contributed by atoms with Crippen molar-refractivity contribution in [3.05, 3.63) is 35.5 Å². The van der Waals surface area contributed by atoms with Gasteiger partial charge in [0, 0.05) is 42.8 Å². The zero-order valence-corrected chi connectivity index (χ0v) is 12.7. The number of hydrogen-bond donors (Lipinski definition) is 1. The van der Waals surface area contributed by atoms with Crippen LogP contribution in [0.15, 0.2) is 24.3 Å². The summed E-state index contributed by atoms with van der Waals surface area (Å²) in [5.41, 5.74) is 4.09. The van der Waals surface area contributed by atoms with E-state index < -0.39 is 0 Å². The van der Waals surface area contributed by atoms with Crippen molar-refractivity contribution in [1.29, 1.82) is 0 Å². The molecule has 0 saturated carbocycles. The molecule has 0 amide bonds. The van der Waals surface area contributed by atoms with Crippen molar-refractivity contribution in [2.75, 3.05) is 20.6 Å². The smallest absolute Gasteiger partial charge is 0.0483 e. The van der Waals surface area contributed by atoms with Crippen LogP contribution in [0.25, 0.3) is 10.9 Å². The molecule has 1 N–H and O–H groups in total. The van der Waals surface area contributed by atoms with Crippen molar-refractivity contribution < 1.29 is 0 Å². The Morgan fingerprint density at radius 1 is 1.26 bits per heavy atom. The molecular weight excluding hydrogens is 234 g/mol. The fraction of sp³-hybridized carbons (Fsp3) is 0.500. The molecule has 104 valence electrons. The molecule has 0 saturated heterocycles. The van der Waals surface area contributed by atoms with Gasteiger partial charge in [-0.25, -0.2) is 0 Å². The van der Waals surface area contributed by atoms with E-state index in [1.165, 1.54) is 22.2 Å². The van der Waals surface area contributed by atoms with E-state index in [1.807, 2.05) is 0 Å². The average molecular weight is 259 g/mol. The molecule has 0 aliphatic rings. The van der Waals surface area contributed by atoms with Crippen molar-refractivity contribution in [2.24, 2.45) is 7.05 Å². The number of hydrogen-bond acceptors (Lipinski definition) is 2. The third-order valence-electron chi connectivity index (χ3n) is 3.76. The quantitative estimate of drug-likeness (QED) is 0.890. The monoisotopic (exact) mass is 259 g/mol. The minimum atomic E-state index is 0.493. The van der Waals surface area contributed by atoms with Crippen LogP contribution in [0.4, 0.5) is 0 Å². The van der Waals surface area contributed by atoms with E-state index in [2.05, 4.69) is 74.0 Å². The zero-order chi connectivity index (χ0) is 14.0. The highest BCUT2D eigenvalue weighted by atomic mass is 15.1. The molecule has 3 heteroatoms. The van der Waals surface area contributed by atoms with Gasteiger partial charge in [0.1, 0.15) is 0 Å². The molecule has 2 aromatic rings. The number of aromatic nitrogens is 1. The van der Waals surface area contributed by atoms with Gasteiger partial charge in [-0.2, -0.15) is 0 Å². The first kappa shape index (κ1) is 14.1. The summed E-state index contributed by atoms with van der Waals surface area (Å²) >= 11 is 0. The molecule has 0 aliphatic heterocycles. The minimum absolute atomic E-state index is 0.493. The second kappa shape index (κ2) is 5.76. The molecule has 2 rings (SSSR count). The Bertz CT molecular complexity index is 515. The summed E-state index contributed by atoms with van der Waals surface area (Å²) < 4.78 is 2.31. The maximum Gasteiger partial charge on any atom is 0.0483 e. The summed E-state index contributed by atoms with van der Waals surface area (Å²) in [7, 11) is 6.38. The molecule has 0 radical (unpaired) electrons. The molecule has 1 atom stereocenters. The fourth-order valence-electron chi connectivity index (χ4n) is 2.77. The molecule has 0 spiro atoms. The van der Waals surface area contributed by atoms with Gasteiger partial charge in [-0.15, -0.1) is 0 Å². The van der Waals surface area contributed by atoms with Crippen LogP contribution in [-0.4, -0.2) is 36.1 Å². The summed E-state index contributed by atoms with van der Waals surface area (Å²) in [5, 5.41) is 4.97. The molecule has 0 aliphatic carbocycles. The van der Waals surface area contributed by atoms with Gasteiger partial charge in [-0.05, 0) is 39.6 Å². The topological polar surface area (TPSA) is 20.2 Å². The molecule has 0 fully saturated rings. The average Bonchev–Trinajstić information content (AvgIpc) is 2.60. The maximum absolute atomic E-state index is 3.61. The fourth-order valence-corrected chi connectivity index (χ4v) is 2.77. The largest absolute Gasteiger partial charge is 0.346 e. The molecule has 19 heavy (non-hydrogen) atoms. The van der Waals surface area contributed by atoms with Crippen LogP contribution in [0.1, 0.15) is 18.2 Å². The number of fused-ring (bicyclic) bond motifs is 1. The lowest BCUT2D eigenvalue weighted by Crippen LogP contribution is -2.35. The Labute approximate surface area is 116 Å². The van der Waals surface area contributed by atoms with Gasteiger partial charge in [-0.3, -0.25) is 0 Å². The van der Waals surface area contributed by atoms with Crippen LogP contribution in [0.3, 0.4) is 0 Å². The van der Waals surface area contributed by atoms with Crippen LogP contribution in [0, 0.1) is 6.92 Å². The molecule has 0 bridgehead atoms. The van der Waals surface area contributed by atoms with Crippen molar-refractivity contribution in [1.82, 2.24) is 14.8 Å². The van der Waals surface area contributed by atoms with E-state index in [0.29, 0.717) is 6.04 Å². The summed E-state index contributed by atoms with van der Waals surface area (Å²) in [6, 6.07) is 9.11. The molecule has 1 heterocycles. The van der Waals surface area contributed by atoms with Gasteiger partial charge in [0.2, 0.25) is 0 Å². The van der Waals surface area contributed by atoms with E-state index >= 15 is 0 Å². The number of nitrogens with one attached hydrogen (secondary N) is 1. The van der Waals surface area contributed by atoms with Crippen LogP contribution in [-0.2, 0) is 13.6 Å². The van der Waals surface area contributed by atoms with Crippen molar-refractivity contribution in [3.8, 4) is 0 Å². The van der Waals surface area contributed by atoms with Crippen molar-refractivity contribution >= 4 is 10.9 Å². The first-order valence-corrected chi connectivity index (χ1v) is 6.91. The predicted molar refractivity (Wildman–Crippen MR) is 82.5 cm³/mol. The SMILES string of the molecule is Cc1c(CNC(C)CN(C)C)n(C)c2ccccc12. The van der Waals surface area contributed by atoms with Crippen molar-refractivity contribution in [3.63, 3.8) is 0 Å².